The van der Waals surface area contributed by atoms with Crippen molar-refractivity contribution >= 4 is 17.9 Å². The first-order valence-corrected chi connectivity index (χ1v) is 7.67. The monoisotopic (exact) mass is 318 g/mol. The Labute approximate surface area is 137 Å². The SMILES string of the molecule is CNC(=O)c1ccc(/C=C/C(=O)NC(CO)CC(C)(C)C)cc1. The number of carbonyl (C=O) groups excluding carboxylic acids is 2. The van der Waals surface area contributed by atoms with Crippen LogP contribution in [0.4, 0.5) is 0 Å². The van der Waals surface area contributed by atoms with Gasteiger partial charge >= 0.3 is 0 Å². The zero-order chi connectivity index (χ0) is 17.5. The third-order valence-electron chi connectivity index (χ3n) is 3.25. The van der Waals surface area contributed by atoms with Gasteiger partial charge in [0.05, 0.1) is 12.6 Å². The molecule has 0 bridgehead atoms. The van der Waals surface area contributed by atoms with E-state index < -0.39 is 0 Å². The Morgan fingerprint density at radius 3 is 2.30 bits per heavy atom. The summed E-state index contributed by atoms with van der Waals surface area (Å²) in [4.78, 5) is 23.4. The second-order valence-corrected chi connectivity index (χ2v) is 6.69. The predicted molar refractivity (Wildman–Crippen MR) is 92.0 cm³/mol. The molecule has 126 valence electrons. The van der Waals surface area contributed by atoms with Crippen molar-refractivity contribution in [2.45, 2.75) is 33.2 Å². The number of nitrogens with one attached hydrogen (secondary N) is 2. The number of amides is 2. The lowest BCUT2D eigenvalue weighted by atomic mass is 9.88. The summed E-state index contributed by atoms with van der Waals surface area (Å²) in [6.45, 7) is 6.10. The minimum absolute atomic E-state index is 0.0278. The minimum Gasteiger partial charge on any atom is -0.394 e. The van der Waals surface area contributed by atoms with Crippen LogP contribution in [0.3, 0.4) is 0 Å². The number of aliphatic hydroxyl groups excluding tert-OH is 1. The van der Waals surface area contributed by atoms with Gasteiger partial charge in [-0.3, -0.25) is 9.59 Å². The normalized spacial score (nSPS) is 12.9. The highest BCUT2D eigenvalue weighted by Gasteiger charge is 2.18. The largest absolute Gasteiger partial charge is 0.394 e. The zero-order valence-electron chi connectivity index (χ0n) is 14.2. The molecule has 0 aliphatic rings. The maximum absolute atomic E-state index is 11.9. The fourth-order valence-electron chi connectivity index (χ4n) is 2.21. The number of rotatable bonds is 6. The second kappa shape index (κ2) is 8.48. The molecular formula is C18H26N2O3. The molecule has 0 aliphatic carbocycles. The van der Waals surface area contributed by atoms with Crippen LogP contribution in [-0.2, 0) is 4.79 Å². The first-order chi connectivity index (χ1) is 10.7. The summed E-state index contributed by atoms with van der Waals surface area (Å²) in [5, 5.41) is 14.7. The molecule has 2 amide bonds. The van der Waals surface area contributed by atoms with Crippen molar-refractivity contribution in [2.24, 2.45) is 5.41 Å². The number of hydrogen-bond acceptors (Lipinski definition) is 3. The van der Waals surface area contributed by atoms with Crippen LogP contribution in [0, 0.1) is 5.41 Å². The lowest BCUT2D eigenvalue weighted by molar-refractivity contribution is -0.117. The van der Waals surface area contributed by atoms with Crippen molar-refractivity contribution in [1.29, 1.82) is 0 Å². The van der Waals surface area contributed by atoms with E-state index in [2.05, 4.69) is 31.4 Å². The van der Waals surface area contributed by atoms with E-state index >= 15 is 0 Å². The summed E-state index contributed by atoms with van der Waals surface area (Å²) in [5.74, 6) is -0.394. The van der Waals surface area contributed by atoms with Gasteiger partial charge in [-0.1, -0.05) is 32.9 Å². The number of hydrogen-bond donors (Lipinski definition) is 3. The molecule has 0 heterocycles. The van der Waals surface area contributed by atoms with Crippen LogP contribution in [0.1, 0.15) is 43.1 Å². The van der Waals surface area contributed by atoms with E-state index in [1.807, 2.05) is 0 Å². The highest BCUT2D eigenvalue weighted by Crippen LogP contribution is 2.20. The molecule has 3 N–H and O–H groups in total. The van der Waals surface area contributed by atoms with Crippen LogP contribution in [0.2, 0.25) is 0 Å². The average molecular weight is 318 g/mol. The maximum atomic E-state index is 11.9. The van der Waals surface area contributed by atoms with Crippen LogP contribution >= 0.6 is 0 Å². The van der Waals surface area contributed by atoms with E-state index in [4.69, 9.17) is 0 Å². The Balaban J connectivity index is 2.62. The minimum atomic E-state index is -0.261. The first kappa shape index (κ1) is 18.9. The van der Waals surface area contributed by atoms with E-state index in [1.165, 1.54) is 6.08 Å². The number of carbonyl (C=O) groups is 2. The quantitative estimate of drug-likeness (QED) is 0.702. The Hall–Kier alpha value is -2.14. The van der Waals surface area contributed by atoms with Crippen molar-refractivity contribution in [3.8, 4) is 0 Å². The molecule has 0 saturated heterocycles. The van der Waals surface area contributed by atoms with Crippen LogP contribution < -0.4 is 10.6 Å². The predicted octanol–water partition coefficient (Wildman–Crippen LogP) is 1.97. The van der Waals surface area contributed by atoms with Gasteiger partial charge in [0.2, 0.25) is 5.91 Å². The molecule has 1 unspecified atom stereocenters. The highest BCUT2D eigenvalue weighted by molar-refractivity contribution is 5.94. The Morgan fingerprint density at radius 1 is 1.22 bits per heavy atom. The summed E-state index contributed by atoms with van der Waals surface area (Å²) >= 11 is 0. The molecule has 5 heteroatoms. The molecule has 1 rings (SSSR count). The van der Waals surface area contributed by atoms with Crippen LogP contribution in [0.25, 0.3) is 6.08 Å². The van der Waals surface area contributed by atoms with Crippen LogP contribution in [-0.4, -0.2) is 36.6 Å². The lowest BCUT2D eigenvalue weighted by Crippen LogP contribution is -2.39. The van der Waals surface area contributed by atoms with Crippen molar-refractivity contribution < 1.29 is 14.7 Å². The van der Waals surface area contributed by atoms with Crippen molar-refractivity contribution in [1.82, 2.24) is 10.6 Å². The standard InChI is InChI=1S/C18H26N2O3/c1-18(2,3)11-15(12-21)20-16(22)10-7-13-5-8-14(9-6-13)17(23)19-4/h5-10,15,21H,11-12H2,1-4H3,(H,19,23)(H,20,22)/b10-7+. The van der Waals surface area contributed by atoms with E-state index in [0.717, 1.165) is 5.56 Å². The van der Waals surface area contributed by atoms with Gasteiger partial charge in [0.25, 0.3) is 5.91 Å². The van der Waals surface area contributed by atoms with Crippen LogP contribution in [0.5, 0.6) is 0 Å². The van der Waals surface area contributed by atoms with E-state index in [1.54, 1.807) is 37.4 Å². The molecule has 1 atom stereocenters. The topological polar surface area (TPSA) is 78.4 Å². The molecule has 1 aromatic carbocycles. The fourth-order valence-corrected chi connectivity index (χ4v) is 2.21. The van der Waals surface area contributed by atoms with Crippen molar-refractivity contribution in [3.05, 3.63) is 41.5 Å². The maximum Gasteiger partial charge on any atom is 0.251 e. The Bertz CT molecular complexity index is 557. The molecular weight excluding hydrogens is 292 g/mol. The molecule has 0 saturated carbocycles. The van der Waals surface area contributed by atoms with Crippen LogP contribution in [0.15, 0.2) is 30.3 Å². The van der Waals surface area contributed by atoms with Gasteiger partial charge < -0.3 is 15.7 Å². The highest BCUT2D eigenvalue weighted by atomic mass is 16.3. The van der Waals surface area contributed by atoms with E-state index in [0.29, 0.717) is 12.0 Å². The van der Waals surface area contributed by atoms with E-state index in [9.17, 15) is 14.7 Å². The summed E-state index contributed by atoms with van der Waals surface area (Å²) in [6, 6.07) is 6.68. The van der Waals surface area contributed by atoms with Gasteiger partial charge in [-0.05, 0) is 35.6 Å². The second-order valence-electron chi connectivity index (χ2n) is 6.69. The molecule has 0 radical (unpaired) electrons. The van der Waals surface area contributed by atoms with Gasteiger partial charge in [-0.25, -0.2) is 0 Å². The van der Waals surface area contributed by atoms with Gasteiger partial charge in [0, 0.05) is 18.7 Å². The third-order valence-corrected chi connectivity index (χ3v) is 3.25. The van der Waals surface area contributed by atoms with Gasteiger partial charge in [-0.15, -0.1) is 0 Å². The average Bonchev–Trinajstić information content (AvgIpc) is 2.50. The smallest absolute Gasteiger partial charge is 0.251 e. The summed E-state index contributed by atoms with van der Waals surface area (Å²) in [7, 11) is 1.58. The zero-order valence-corrected chi connectivity index (χ0v) is 14.2. The molecule has 0 spiro atoms. The summed E-state index contributed by atoms with van der Waals surface area (Å²) in [5.41, 5.74) is 1.42. The molecule has 23 heavy (non-hydrogen) atoms. The number of aliphatic hydroxyl groups is 1. The third kappa shape index (κ3) is 7.10. The molecule has 0 fully saturated rings. The molecule has 5 nitrogen and oxygen atoms in total. The summed E-state index contributed by atoms with van der Waals surface area (Å²) in [6.07, 6.45) is 3.80. The first-order valence-electron chi connectivity index (χ1n) is 7.67. The molecule has 1 aromatic rings. The van der Waals surface area contributed by atoms with Gasteiger partial charge in [-0.2, -0.15) is 0 Å². The van der Waals surface area contributed by atoms with Gasteiger partial charge in [0.15, 0.2) is 0 Å². The Morgan fingerprint density at radius 2 is 1.83 bits per heavy atom. The summed E-state index contributed by atoms with van der Waals surface area (Å²) < 4.78 is 0. The van der Waals surface area contributed by atoms with E-state index in [-0.39, 0.29) is 29.9 Å². The van der Waals surface area contributed by atoms with Gasteiger partial charge in [0.1, 0.15) is 0 Å². The van der Waals surface area contributed by atoms with Crippen molar-refractivity contribution in [3.63, 3.8) is 0 Å². The fraction of sp³-hybridized carbons (Fsp3) is 0.444. The number of benzene rings is 1. The van der Waals surface area contributed by atoms with Crippen molar-refractivity contribution in [2.75, 3.05) is 13.7 Å². The molecule has 0 aliphatic heterocycles. The molecule has 0 aromatic heterocycles. The lowest BCUT2D eigenvalue weighted by Gasteiger charge is -2.24. The Kier molecular flexibility index (Phi) is 6.97.